The minimum Gasteiger partial charge on any atom is -0.312 e. The lowest BCUT2D eigenvalue weighted by Crippen LogP contribution is -2.33. The van der Waals surface area contributed by atoms with Gasteiger partial charge in [0.1, 0.15) is 0 Å². The lowest BCUT2D eigenvalue weighted by molar-refractivity contribution is 0.212. The second-order valence-electron chi connectivity index (χ2n) is 6.55. The molecule has 0 spiro atoms. The van der Waals surface area contributed by atoms with Crippen molar-refractivity contribution in [1.29, 1.82) is 0 Å². The molecule has 0 amide bonds. The van der Waals surface area contributed by atoms with E-state index in [-0.39, 0.29) is 12.1 Å². The molecule has 0 atom stereocenters. The molecule has 0 bridgehead atoms. The predicted octanol–water partition coefficient (Wildman–Crippen LogP) is 4.67. The first-order valence-corrected chi connectivity index (χ1v) is 10.2. The lowest BCUT2D eigenvalue weighted by atomic mass is 10.0. The summed E-state index contributed by atoms with van der Waals surface area (Å²) in [7, 11) is -4.05. The quantitative estimate of drug-likeness (QED) is 0.732. The maximum absolute atomic E-state index is 10.8. The molecule has 0 saturated carbocycles. The van der Waals surface area contributed by atoms with Crippen LogP contribution in [0.15, 0.2) is 60.7 Å². The van der Waals surface area contributed by atoms with Crippen molar-refractivity contribution < 1.29 is 14.4 Å². The zero-order valence-electron chi connectivity index (χ0n) is 15.5. The molecule has 0 heterocycles. The number of aryl methyl sites for hydroxylation is 2. The molecule has 0 saturated heterocycles. The van der Waals surface area contributed by atoms with Crippen molar-refractivity contribution in [2.24, 2.45) is 0 Å². The van der Waals surface area contributed by atoms with Gasteiger partial charge in [0.2, 0.25) is 0 Å². The molecule has 2 N–H and O–H groups in total. The first-order valence-electron chi connectivity index (χ1n) is 8.64. The van der Waals surface area contributed by atoms with Crippen LogP contribution in [0, 0.1) is 0 Å². The maximum atomic E-state index is 10.8. The van der Waals surface area contributed by atoms with Crippen LogP contribution in [-0.2, 0) is 17.4 Å². The van der Waals surface area contributed by atoms with Gasteiger partial charge in [-0.15, -0.1) is 0 Å². The van der Waals surface area contributed by atoms with Crippen LogP contribution < -0.4 is 0 Å². The molecule has 2 rings (SSSR count). The molecule has 0 fully saturated rings. The highest BCUT2D eigenvalue weighted by Crippen LogP contribution is 2.43. The zero-order valence-corrected chi connectivity index (χ0v) is 16.4. The van der Waals surface area contributed by atoms with E-state index in [0.29, 0.717) is 0 Å². The summed E-state index contributed by atoms with van der Waals surface area (Å²) in [6.45, 7) is 7.05. The predicted molar refractivity (Wildman–Crippen MR) is 104 cm³/mol. The van der Waals surface area contributed by atoms with Gasteiger partial charge >= 0.3 is 7.75 Å². The fourth-order valence-electron chi connectivity index (χ4n) is 2.78. The molecular weight excluding hydrogens is 333 g/mol. The molecule has 0 radical (unpaired) electrons. The first-order chi connectivity index (χ1) is 11.7. The fraction of sp³-hybridized carbons (Fsp3) is 0.400. The van der Waals surface area contributed by atoms with Crippen LogP contribution in [0.3, 0.4) is 0 Å². The van der Waals surface area contributed by atoms with E-state index in [9.17, 15) is 4.57 Å². The third-order valence-electron chi connectivity index (χ3n) is 3.75. The molecule has 25 heavy (non-hydrogen) atoms. The highest BCUT2D eigenvalue weighted by atomic mass is 31.2. The van der Waals surface area contributed by atoms with Crippen molar-refractivity contribution in [2.45, 2.75) is 52.6 Å². The standard InChI is InChI=1S/C14H14.C6H16NO3P/c1-3-7-13(8-4-1)11-12-14-9-5-2-6-10-14;1-5(2)7(6(3)4)11(8,9)10/h1-10H,11-12H2;5-6H,1-4H3,(H2,8,9,10). The Morgan fingerprint density at radius 2 is 1.08 bits per heavy atom. The summed E-state index contributed by atoms with van der Waals surface area (Å²) >= 11 is 0. The van der Waals surface area contributed by atoms with Crippen molar-refractivity contribution in [2.75, 3.05) is 0 Å². The number of hydrogen-bond donors (Lipinski definition) is 2. The van der Waals surface area contributed by atoms with E-state index in [4.69, 9.17) is 9.79 Å². The minimum absolute atomic E-state index is 0.129. The summed E-state index contributed by atoms with van der Waals surface area (Å²) in [5.41, 5.74) is 2.83. The molecular formula is C20H30NO3P. The number of nitrogens with zero attached hydrogens (tertiary/aromatic N) is 1. The Labute approximate surface area is 151 Å². The Kier molecular flexibility index (Phi) is 9.09. The molecule has 0 unspecified atom stereocenters. The number of benzene rings is 2. The topological polar surface area (TPSA) is 60.8 Å². The Morgan fingerprint density at radius 3 is 1.28 bits per heavy atom. The minimum atomic E-state index is -4.05. The number of rotatable bonds is 6. The molecule has 5 heteroatoms. The van der Waals surface area contributed by atoms with Gasteiger partial charge < -0.3 is 9.79 Å². The van der Waals surface area contributed by atoms with Crippen LogP contribution >= 0.6 is 7.75 Å². The van der Waals surface area contributed by atoms with Crippen LogP contribution in [-0.4, -0.2) is 26.5 Å². The van der Waals surface area contributed by atoms with E-state index in [0.717, 1.165) is 12.8 Å². The normalized spacial score (nSPS) is 11.6. The van der Waals surface area contributed by atoms with Crippen LogP contribution in [0.5, 0.6) is 0 Å². The van der Waals surface area contributed by atoms with Crippen molar-refractivity contribution in [3.63, 3.8) is 0 Å². The van der Waals surface area contributed by atoms with Crippen molar-refractivity contribution in [3.8, 4) is 0 Å². The molecule has 4 nitrogen and oxygen atoms in total. The molecule has 0 aliphatic rings. The Balaban J connectivity index is 0.000000260. The first kappa shape index (κ1) is 21.6. The average molecular weight is 363 g/mol. The summed E-state index contributed by atoms with van der Waals surface area (Å²) in [4.78, 5) is 17.7. The summed E-state index contributed by atoms with van der Waals surface area (Å²) in [5.74, 6) is 0. The van der Waals surface area contributed by atoms with Crippen LogP contribution in [0.25, 0.3) is 0 Å². The SMILES string of the molecule is CC(C)N(C(C)C)P(=O)(O)O.c1ccc(CCc2ccccc2)cc1. The van der Waals surface area contributed by atoms with Gasteiger partial charge in [-0.25, -0.2) is 9.24 Å². The van der Waals surface area contributed by atoms with Crippen LogP contribution in [0.4, 0.5) is 0 Å². The van der Waals surface area contributed by atoms with Gasteiger partial charge in [0.05, 0.1) is 0 Å². The molecule has 2 aromatic carbocycles. The van der Waals surface area contributed by atoms with Gasteiger partial charge in [0.25, 0.3) is 0 Å². The fourth-order valence-corrected chi connectivity index (χ4v) is 3.98. The highest BCUT2D eigenvalue weighted by molar-refractivity contribution is 7.49. The second kappa shape index (κ2) is 10.5. The molecule has 0 aliphatic carbocycles. The zero-order chi connectivity index (χ0) is 18.9. The Hall–Kier alpha value is -1.45. The van der Waals surface area contributed by atoms with Gasteiger partial charge in [-0.3, -0.25) is 0 Å². The summed E-state index contributed by atoms with van der Waals surface area (Å²) in [6, 6.07) is 21.0. The molecule has 138 valence electrons. The van der Waals surface area contributed by atoms with E-state index in [1.54, 1.807) is 27.7 Å². The largest absolute Gasteiger partial charge is 0.403 e. The van der Waals surface area contributed by atoms with Crippen molar-refractivity contribution in [1.82, 2.24) is 4.67 Å². The van der Waals surface area contributed by atoms with Gasteiger partial charge in [-0.05, 0) is 51.7 Å². The van der Waals surface area contributed by atoms with E-state index in [1.165, 1.54) is 15.8 Å². The van der Waals surface area contributed by atoms with E-state index in [1.807, 2.05) is 0 Å². The average Bonchev–Trinajstić information content (AvgIpc) is 2.53. The summed E-state index contributed by atoms with van der Waals surface area (Å²) in [6.07, 6.45) is 2.26. The Bertz CT molecular complexity index is 591. The summed E-state index contributed by atoms with van der Waals surface area (Å²) in [5, 5.41) is 0. The third-order valence-corrected chi connectivity index (χ3v) is 5.27. The van der Waals surface area contributed by atoms with E-state index >= 15 is 0 Å². The molecule has 0 aliphatic heterocycles. The molecule has 2 aromatic rings. The van der Waals surface area contributed by atoms with Gasteiger partial charge in [-0.2, -0.15) is 0 Å². The molecule has 0 aromatic heterocycles. The highest BCUT2D eigenvalue weighted by Gasteiger charge is 2.30. The Morgan fingerprint density at radius 1 is 0.760 bits per heavy atom. The van der Waals surface area contributed by atoms with E-state index < -0.39 is 7.75 Å². The monoisotopic (exact) mass is 363 g/mol. The van der Waals surface area contributed by atoms with Crippen LogP contribution in [0.1, 0.15) is 38.8 Å². The third kappa shape index (κ3) is 8.46. The van der Waals surface area contributed by atoms with Crippen molar-refractivity contribution in [3.05, 3.63) is 71.8 Å². The lowest BCUT2D eigenvalue weighted by Gasteiger charge is -2.30. The van der Waals surface area contributed by atoms with Crippen LogP contribution in [0.2, 0.25) is 0 Å². The summed E-state index contributed by atoms with van der Waals surface area (Å²) < 4.78 is 12.0. The number of hydrogen-bond acceptors (Lipinski definition) is 1. The van der Waals surface area contributed by atoms with Gasteiger partial charge in [0.15, 0.2) is 0 Å². The van der Waals surface area contributed by atoms with Gasteiger partial charge in [-0.1, -0.05) is 60.7 Å². The maximum Gasteiger partial charge on any atom is 0.403 e. The van der Waals surface area contributed by atoms with Crippen molar-refractivity contribution >= 4 is 7.75 Å². The van der Waals surface area contributed by atoms with Gasteiger partial charge in [0, 0.05) is 12.1 Å². The second-order valence-corrected chi connectivity index (χ2v) is 8.04. The van der Waals surface area contributed by atoms with E-state index in [2.05, 4.69) is 60.7 Å². The smallest absolute Gasteiger partial charge is 0.312 e.